The fraction of sp³-hybridized carbons (Fsp3) is 0.800. The number of amides is 3. The molecule has 0 aromatic rings. The van der Waals surface area contributed by atoms with Crippen molar-refractivity contribution in [3.8, 4) is 0 Å². The van der Waals surface area contributed by atoms with E-state index in [-0.39, 0.29) is 6.42 Å². The summed E-state index contributed by atoms with van der Waals surface area (Å²) in [6, 6.07) is -0.801. The van der Waals surface area contributed by atoms with Gasteiger partial charge < -0.3 is 20.1 Å². The van der Waals surface area contributed by atoms with Gasteiger partial charge in [0, 0.05) is 6.42 Å². The highest BCUT2D eigenvalue weighted by Crippen LogP contribution is 2.33. The van der Waals surface area contributed by atoms with E-state index in [0.717, 1.165) is 4.90 Å². The van der Waals surface area contributed by atoms with E-state index in [2.05, 4.69) is 21.2 Å². The normalized spacial score (nSPS) is 43.5. The molecule has 0 spiro atoms. The Kier molecular flexibility index (Phi) is 3.85. The van der Waals surface area contributed by atoms with Crippen molar-refractivity contribution >= 4 is 27.9 Å². The van der Waals surface area contributed by atoms with Gasteiger partial charge in [0.2, 0.25) is 5.91 Å². The van der Waals surface area contributed by atoms with Gasteiger partial charge in [-0.15, -0.1) is 0 Å². The number of rotatable bonds is 2. The maximum Gasteiger partial charge on any atom is 0.328 e. The predicted octanol–water partition coefficient (Wildman–Crippen LogP) is -1.52. The number of carbonyl (C=O) groups is 2. The number of halogens is 1. The molecule has 2 saturated heterocycles. The van der Waals surface area contributed by atoms with Gasteiger partial charge in [-0.3, -0.25) is 15.0 Å². The molecule has 0 radical (unpaired) electrons. The molecule has 0 bridgehead atoms. The topological polar surface area (TPSA) is 119 Å². The standard InChI is InChI=1S/C10H15BrN2O6/c1-10(11)7(16)12-9(18)13(8(10)17)6-2-4(15)5(3-14)19-6/h4-6,8,14-15,17H,2-3H2,1H3,(H,12,16,18)/t4-,5+,6+,8+,10-/m0/s1. The van der Waals surface area contributed by atoms with Crippen molar-refractivity contribution in [2.24, 2.45) is 0 Å². The lowest BCUT2D eigenvalue weighted by molar-refractivity contribution is -0.147. The molecule has 0 aromatic carbocycles. The number of hydrogen-bond acceptors (Lipinski definition) is 6. The van der Waals surface area contributed by atoms with Crippen LogP contribution in [0.5, 0.6) is 0 Å². The van der Waals surface area contributed by atoms with Crippen molar-refractivity contribution in [1.29, 1.82) is 0 Å². The molecule has 5 atom stereocenters. The summed E-state index contributed by atoms with van der Waals surface area (Å²) >= 11 is 3.06. The van der Waals surface area contributed by atoms with Crippen LogP contribution in [0.4, 0.5) is 4.79 Å². The Hall–Kier alpha value is -0.740. The van der Waals surface area contributed by atoms with Gasteiger partial charge in [0.05, 0.1) is 12.7 Å². The van der Waals surface area contributed by atoms with Crippen LogP contribution in [0, 0.1) is 0 Å². The SMILES string of the molecule is C[C@]1(Br)C(=O)NC(=O)N([C@H]2C[C@H](O)[C@@H](CO)O2)[C@@H]1O. The maximum absolute atomic E-state index is 11.8. The molecule has 2 aliphatic rings. The van der Waals surface area contributed by atoms with E-state index in [4.69, 9.17) is 9.84 Å². The Morgan fingerprint density at radius 3 is 2.68 bits per heavy atom. The second kappa shape index (κ2) is 4.98. The molecule has 8 nitrogen and oxygen atoms in total. The Balaban J connectivity index is 2.20. The lowest BCUT2D eigenvalue weighted by Crippen LogP contribution is -2.68. The van der Waals surface area contributed by atoms with Crippen LogP contribution in [-0.4, -0.2) is 67.8 Å². The molecule has 0 unspecified atom stereocenters. The zero-order valence-electron chi connectivity index (χ0n) is 10.1. The number of aliphatic hydroxyl groups excluding tert-OH is 3. The summed E-state index contributed by atoms with van der Waals surface area (Å²) in [5.41, 5.74) is 0. The molecule has 9 heteroatoms. The van der Waals surface area contributed by atoms with Crippen molar-refractivity contribution in [1.82, 2.24) is 10.2 Å². The zero-order chi connectivity index (χ0) is 14.4. The molecule has 0 saturated carbocycles. The number of aliphatic hydroxyl groups is 3. The first-order valence-corrected chi connectivity index (χ1v) is 6.53. The minimum Gasteiger partial charge on any atom is -0.394 e. The van der Waals surface area contributed by atoms with Gasteiger partial charge in [-0.05, 0) is 6.92 Å². The number of nitrogens with zero attached hydrogens (tertiary/aromatic N) is 1. The monoisotopic (exact) mass is 338 g/mol. The van der Waals surface area contributed by atoms with Crippen LogP contribution in [0.1, 0.15) is 13.3 Å². The fourth-order valence-electron chi connectivity index (χ4n) is 2.11. The number of carbonyl (C=O) groups excluding carboxylic acids is 2. The first-order chi connectivity index (χ1) is 8.78. The number of imide groups is 1. The Morgan fingerprint density at radius 1 is 1.53 bits per heavy atom. The van der Waals surface area contributed by atoms with E-state index in [1.807, 2.05) is 0 Å². The number of nitrogens with one attached hydrogen (secondary N) is 1. The quantitative estimate of drug-likeness (QED) is 0.454. The minimum absolute atomic E-state index is 0.0486. The Labute approximate surface area is 117 Å². The third-order valence-electron chi connectivity index (χ3n) is 3.34. The molecular weight excluding hydrogens is 324 g/mol. The van der Waals surface area contributed by atoms with E-state index in [0.29, 0.717) is 0 Å². The maximum atomic E-state index is 11.8. The van der Waals surface area contributed by atoms with E-state index in [1.54, 1.807) is 0 Å². The van der Waals surface area contributed by atoms with Crippen molar-refractivity contribution in [2.75, 3.05) is 6.61 Å². The summed E-state index contributed by atoms with van der Waals surface area (Å²) < 4.78 is 3.94. The number of ether oxygens (including phenoxy) is 1. The van der Waals surface area contributed by atoms with Crippen LogP contribution in [0.15, 0.2) is 0 Å². The average Bonchev–Trinajstić information content (AvgIpc) is 2.68. The van der Waals surface area contributed by atoms with Crippen LogP contribution in [0.3, 0.4) is 0 Å². The summed E-state index contributed by atoms with van der Waals surface area (Å²) in [7, 11) is 0. The van der Waals surface area contributed by atoms with Crippen LogP contribution in [0.25, 0.3) is 0 Å². The highest BCUT2D eigenvalue weighted by atomic mass is 79.9. The summed E-state index contributed by atoms with van der Waals surface area (Å²) in [5, 5.41) is 30.8. The number of alkyl halides is 1. The third kappa shape index (κ3) is 2.36. The smallest absolute Gasteiger partial charge is 0.328 e. The van der Waals surface area contributed by atoms with Crippen molar-refractivity contribution in [2.45, 2.75) is 42.3 Å². The van der Waals surface area contributed by atoms with Crippen LogP contribution in [-0.2, 0) is 9.53 Å². The van der Waals surface area contributed by atoms with E-state index in [9.17, 15) is 19.8 Å². The summed E-state index contributed by atoms with van der Waals surface area (Å²) in [6.45, 7) is 1.02. The Morgan fingerprint density at radius 2 is 2.16 bits per heavy atom. The molecule has 2 rings (SSSR count). The highest BCUT2D eigenvalue weighted by molar-refractivity contribution is 9.10. The molecule has 0 aliphatic carbocycles. The number of hydrogen-bond donors (Lipinski definition) is 4. The lowest BCUT2D eigenvalue weighted by Gasteiger charge is -2.42. The molecule has 2 fully saturated rings. The van der Waals surface area contributed by atoms with Gasteiger partial charge in [-0.25, -0.2) is 4.79 Å². The first kappa shape index (κ1) is 14.7. The molecule has 108 valence electrons. The van der Waals surface area contributed by atoms with Gasteiger partial charge >= 0.3 is 6.03 Å². The largest absolute Gasteiger partial charge is 0.394 e. The summed E-state index contributed by atoms with van der Waals surface area (Å²) in [6.07, 6.45) is -4.05. The molecule has 2 aliphatic heterocycles. The minimum atomic E-state index is -1.44. The van der Waals surface area contributed by atoms with Crippen molar-refractivity contribution in [3.63, 3.8) is 0 Å². The van der Waals surface area contributed by atoms with E-state index < -0.39 is 47.5 Å². The predicted molar refractivity (Wildman–Crippen MR) is 65.1 cm³/mol. The molecule has 4 N–H and O–H groups in total. The third-order valence-corrected chi connectivity index (χ3v) is 4.11. The van der Waals surface area contributed by atoms with Crippen LogP contribution in [0.2, 0.25) is 0 Å². The Bertz CT molecular complexity index is 403. The van der Waals surface area contributed by atoms with E-state index >= 15 is 0 Å². The summed E-state index contributed by atoms with van der Waals surface area (Å²) in [5.74, 6) is -0.654. The fourth-order valence-corrected chi connectivity index (χ4v) is 2.43. The van der Waals surface area contributed by atoms with Gasteiger partial charge in [-0.2, -0.15) is 0 Å². The molecular formula is C10H15BrN2O6. The van der Waals surface area contributed by atoms with Gasteiger partial charge in [0.25, 0.3) is 0 Å². The zero-order valence-corrected chi connectivity index (χ0v) is 11.7. The average molecular weight is 339 g/mol. The summed E-state index contributed by atoms with van der Waals surface area (Å²) in [4.78, 5) is 24.3. The van der Waals surface area contributed by atoms with Gasteiger partial charge in [-0.1, -0.05) is 15.9 Å². The molecule has 2 heterocycles. The highest BCUT2D eigenvalue weighted by Gasteiger charge is 2.53. The lowest BCUT2D eigenvalue weighted by atomic mass is 10.1. The second-order valence-electron chi connectivity index (χ2n) is 4.73. The second-order valence-corrected chi connectivity index (χ2v) is 6.38. The van der Waals surface area contributed by atoms with Gasteiger partial charge in [0.1, 0.15) is 16.7 Å². The first-order valence-electron chi connectivity index (χ1n) is 5.74. The molecule has 19 heavy (non-hydrogen) atoms. The van der Waals surface area contributed by atoms with Crippen molar-refractivity contribution < 1.29 is 29.6 Å². The van der Waals surface area contributed by atoms with E-state index in [1.165, 1.54) is 6.92 Å². The molecule has 0 aromatic heterocycles. The number of urea groups is 1. The van der Waals surface area contributed by atoms with Crippen molar-refractivity contribution in [3.05, 3.63) is 0 Å². The van der Waals surface area contributed by atoms with Crippen LogP contribution >= 0.6 is 15.9 Å². The van der Waals surface area contributed by atoms with Crippen LogP contribution < -0.4 is 5.32 Å². The van der Waals surface area contributed by atoms with Gasteiger partial charge in [0.15, 0.2) is 6.23 Å². The molecule has 3 amide bonds.